The summed E-state index contributed by atoms with van der Waals surface area (Å²) in [6.45, 7) is 5.88. The summed E-state index contributed by atoms with van der Waals surface area (Å²) >= 11 is 0. The van der Waals surface area contributed by atoms with E-state index in [0.717, 1.165) is 42.3 Å². The number of aryl methyl sites for hydroxylation is 2. The standard InChI is InChI=1S/C20H23N5O/c1-15-12-16(2)25(22-15)18-8-10-23(13-18)19(26)14-24-11-9-21-20(24)17-6-4-3-5-7-17/h3-7,9,11-12,18H,8,10,13-14H2,1-2H3. The van der Waals surface area contributed by atoms with Crippen LogP contribution in [0.5, 0.6) is 0 Å². The minimum absolute atomic E-state index is 0.129. The summed E-state index contributed by atoms with van der Waals surface area (Å²) in [5.41, 5.74) is 3.20. The number of carbonyl (C=O) groups excluding carboxylic acids is 1. The molecule has 1 atom stereocenters. The van der Waals surface area contributed by atoms with Crippen molar-refractivity contribution in [1.29, 1.82) is 0 Å². The summed E-state index contributed by atoms with van der Waals surface area (Å²) in [5.74, 6) is 0.956. The number of rotatable bonds is 4. The zero-order valence-corrected chi connectivity index (χ0v) is 15.2. The first kappa shape index (κ1) is 16.6. The fraction of sp³-hybridized carbons (Fsp3) is 0.350. The van der Waals surface area contributed by atoms with Crippen LogP contribution in [0.2, 0.25) is 0 Å². The van der Waals surface area contributed by atoms with Crippen LogP contribution in [0.3, 0.4) is 0 Å². The van der Waals surface area contributed by atoms with Gasteiger partial charge in [0.05, 0.1) is 11.7 Å². The molecule has 26 heavy (non-hydrogen) atoms. The molecule has 0 spiro atoms. The summed E-state index contributed by atoms with van der Waals surface area (Å²) in [5, 5.41) is 4.58. The normalized spacial score (nSPS) is 17.0. The van der Waals surface area contributed by atoms with E-state index in [1.165, 1.54) is 0 Å². The quantitative estimate of drug-likeness (QED) is 0.728. The Morgan fingerprint density at radius 2 is 2.04 bits per heavy atom. The largest absolute Gasteiger partial charge is 0.339 e. The van der Waals surface area contributed by atoms with Crippen molar-refractivity contribution in [1.82, 2.24) is 24.2 Å². The highest BCUT2D eigenvalue weighted by molar-refractivity contribution is 5.77. The average molecular weight is 349 g/mol. The van der Waals surface area contributed by atoms with Crippen LogP contribution in [0, 0.1) is 13.8 Å². The molecule has 6 nitrogen and oxygen atoms in total. The molecule has 4 rings (SSSR count). The van der Waals surface area contributed by atoms with Gasteiger partial charge in [0.2, 0.25) is 5.91 Å². The van der Waals surface area contributed by atoms with Gasteiger partial charge >= 0.3 is 0 Å². The molecule has 1 amide bonds. The van der Waals surface area contributed by atoms with Crippen molar-refractivity contribution in [2.24, 2.45) is 0 Å². The van der Waals surface area contributed by atoms with E-state index in [-0.39, 0.29) is 11.9 Å². The van der Waals surface area contributed by atoms with E-state index in [9.17, 15) is 4.79 Å². The molecule has 1 saturated heterocycles. The number of hydrogen-bond acceptors (Lipinski definition) is 3. The van der Waals surface area contributed by atoms with E-state index in [1.54, 1.807) is 6.20 Å². The van der Waals surface area contributed by atoms with Gasteiger partial charge < -0.3 is 9.47 Å². The number of likely N-dealkylation sites (tertiary alicyclic amines) is 1. The molecular formula is C20H23N5O. The van der Waals surface area contributed by atoms with E-state index in [2.05, 4.69) is 27.8 Å². The van der Waals surface area contributed by atoms with Crippen molar-refractivity contribution in [3.8, 4) is 11.4 Å². The summed E-state index contributed by atoms with van der Waals surface area (Å²) in [6, 6.07) is 12.3. The Balaban J connectivity index is 1.45. The van der Waals surface area contributed by atoms with Crippen molar-refractivity contribution >= 4 is 5.91 Å². The number of aromatic nitrogens is 4. The van der Waals surface area contributed by atoms with Crippen LogP contribution in [-0.4, -0.2) is 43.2 Å². The van der Waals surface area contributed by atoms with Crippen LogP contribution in [0.25, 0.3) is 11.4 Å². The molecule has 134 valence electrons. The fourth-order valence-electron chi connectivity index (χ4n) is 3.71. The zero-order chi connectivity index (χ0) is 18.1. The van der Waals surface area contributed by atoms with Gasteiger partial charge in [-0.1, -0.05) is 30.3 Å². The third kappa shape index (κ3) is 3.14. The van der Waals surface area contributed by atoms with Crippen LogP contribution < -0.4 is 0 Å². The zero-order valence-electron chi connectivity index (χ0n) is 15.2. The number of hydrogen-bond donors (Lipinski definition) is 0. The molecule has 1 unspecified atom stereocenters. The molecule has 0 radical (unpaired) electrons. The number of imidazole rings is 1. The molecule has 0 saturated carbocycles. The molecule has 0 bridgehead atoms. The fourth-order valence-corrected chi connectivity index (χ4v) is 3.71. The first-order valence-corrected chi connectivity index (χ1v) is 8.99. The summed E-state index contributed by atoms with van der Waals surface area (Å²) in [4.78, 5) is 19.2. The Bertz CT molecular complexity index is 911. The Morgan fingerprint density at radius 3 is 2.77 bits per heavy atom. The number of carbonyl (C=O) groups is 1. The highest BCUT2D eigenvalue weighted by atomic mass is 16.2. The summed E-state index contributed by atoms with van der Waals surface area (Å²) in [6.07, 6.45) is 4.57. The Morgan fingerprint density at radius 1 is 1.23 bits per heavy atom. The molecule has 6 heteroatoms. The third-order valence-corrected chi connectivity index (χ3v) is 4.96. The summed E-state index contributed by atoms with van der Waals surface area (Å²) in [7, 11) is 0. The lowest BCUT2D eigenvalue weighted by atomic mass is 10.2. The van der Waals surface area contributed by atoms with E-state index in [0.29, 0.717) is 6.54 Å². The molecule has 0 aliphatic carbocycles. The lowest BCUT2D eigenvalue weighted by Crippen LogP contribution is -2.32. The molecule has 0 N–H and O–H groups in total. The highest BCUT2D eigenvalue weighted by Gasteiger charge is 2.29. The maximum absolute atomic E-state index is 12.8. The second kappa shape index (κ2) is 6.78. The molecule has 3 heterocycles. The monoisotopic (exact) mass is 349 g/mol. The highest BCUT2D eigenvalue weighted by Crippen LogP contribution is 2.24. The molecule has 1 aliphatic heterocycles. The van der Waals surface area contributed by atoms with Gasteiger partial charge in [-0.05, 0) is 26.3 Å². The van der Waals surface area contributed by atoms with Gasteiger partial charge in [-0.3, -0.25) is 9.48 Å². The minimum atomic E-state index is 0.129. The van der Waals surface area contributed by atoms with Crippen molar-refractivity contribution in [3.63, 3.8) is 0 Å². The molecule has 1 aliphatic rings. The molecular weight excluding hydrogens is 326 g/mol. The van der Waals surface area contributed by atoms with Gasteiger partial charge in [0.15, 0.2) is 0 Å². The van der Waals surface area contributed by atoms with E-state index in [4.69, 9.17) is 0 Å². The van der Waals surface area contributed by atoms with Gasteiger partial charge in [0, 0.05) is 36.7 Å². The second-order valence-electron chi connectivity index (χ2n) is 6.90. The Labute approximate surface area is 153 Å². The number of nitrogens with zero attached hydrogens (tertiary/aromatic N) is 5. The SMILES string of the molecule is Cc1cc(C)n(C2CCN(C(=O)Cn3ccnc3-c3ccccc3)C2)n1. The van der Waals surface area contributed by atoms with Crippen molar-refractivity contribution in [2.75, 3.05) is 13.1 Å². The maximum atomic E-state index is 12.8. The van der Waals surface area contributed by atoms with Crippen LogP contribution in [-0.2, 0) is 11.3 Å². The molecule has 1 fully saturated rings. The van der Waals surface area contributed by atoms with Crippen molar-refractivity contribution in [3.05, 3.63) is 60.2 Å². The Hall–Kier alpha value is -2.89. The van der Waals surface area contributed by atoms with E-state index < -0.39 is 0 Å². The number of amides is 1. The number of benzene rings is 1. The molecule has 3 aromatic rings. The van der Waals surface area contributed by atoms with E-state index in [1.807, 2.05) is 52.9 Å². The van der Waals surface area contributed by atoms with Gasteiger partial charge in [-0.25, -0.2) is 4.98 Å². The minimum Gasteiger partial charge on any atom is -0.339 e. The average Bonchev–Trinajstić information content (AvgIpc) is 3.35. The lowest BCUT2D eigenvalue weighted by Gasteiger charge is -2.18. The van der Waals surface area contributed by atoms with Crippen molar-refractivity contribution < 1.29 is 4.79 Å². The topological polar surface area (TPSA) is 56.0 Å². The predicted octanol–water partition coefficient (Wildman–Crippen LogP) is 2.84. The van der Waals surface area contributed by atoms with Crippen LogP contribution >= 0.6 is 0 Å². The van der Waals surface area contributed by atoms with Crippen LogP contribution in [0.15, 0.2) is 48.8 Å². The van der Waals surface area contributed by atoms with Crippen LogP contribution in [0.4, 0.5) is 0 Å². The second-order valence-corrected chi connectivity index (χ2v) is 6.90. The molecule has 2 aromatic heterocycles. The van der Waals surface area contributed by atoms with Gasteiger partial charge in [0.1, 0.15) is 12.4 Å². The predicted molar refractivity (Wildman–Crippen MR) is 99.6 cm³/mol. The van der Waals surface area contributed by atoms with Gasteiger partial charge in [-0.15, -0.1) is 0 Å². The first-order chi connectivity index (χ1) is 12.6. The Kier molecular flexibility index (Phi) is 4.32. The van der Waals surface area contributed by atoms with Crippen LogP contribution in [0.1, 0.15) is 23.9 Å². The molecule has 1 aromatic carbocycles. The smallest absolute Gasteiger partial charge is 0.242 e. The van der Waals surface area contributed by atoms with Crippen molar-refractivity contribution in [2.45, 2.75) is 32.9 Å². The third-order valence-electron chi connectivity index (χ3n) is 4.96. The van der Waals surface area contributed by atoms with E-state index >= 15 is 0 Å². The lowest BCUT2D eigenvalue weighted by molar-refractivity contribution is -0.130. The summed E-state index contributed by atoms with van der Waals surface area (Å²) < 4.78 is 3.99. The first-order valence-electron chi connectivity index (χ1n) is 8.99. The van der Waals surface area contributed by atoms with Gasteiger partial charge in [-0.2, -0.15) is 5.10 Å². The van der Waals surface area contributed by atoms with Gasteiger partial charge in [0.25, 0.3) is 0 Å². The maximum Gasteiger partial charge on any atom is 0.242 e.